The predicted octanol–water partition coefficient (Wildman–Crippen LogP) is 3.93. The van der Waals surface area contributed by atoms with E-state index in [4.69, 9.17) is 0 Å². The Balaban J connectivity index is 2.10. The lowest BCUT2D eigenvalue weighted by atomic mass is 10.1. The molecule has 7 heteroatoms. The van der Waals surface area contributed by atoms with Gasteiger partial charge in [-0.3, -0.25) is 0 Å². The average molecular weight is 361 g/mol. The van der Waals surface area contributed by atoms with Gasteiger partial charge in [-0.15, -0.1) is 11.3 Å². The number of benzene rings is 1. The molecule has 0 bridgehead atoms. The number of carbonyl (C=O) groups is 2. The third-order valence-electron chi connectivity index (χ3n) is 3.72. The quantitative estimate of drug-likeness (QED) is 0.791. The van der Waals surface area contributed by atoms with E-state index in [0.29, 0.717) is 11.6 Å². The van der Waals surface area contributed by atoms with Crippen LogP contribution in [0.2, 0.25) is 0 Å². The summed E-state index contributed by atoms with van der Waals surface area (Å²) in [7, 11) is 1.32. The second kappa shape index (κ2) is 8.62. The molecule has 2 aromatic rings. The molecule has 1 aromatic heterocycles. The molecule has 0 fully saturated rings. The second-order valence-corrected chi connectivity index (χ2v) is 6.77. The Morgan fingerprint density at radius 3 is 2.76 bits per heavy atom. The molecular formula is C18H23N3O3S. The number of amides is 2. The molecule has 2 amide bonds. The van der Waals surface area contributed by atoms with Gasteiger partial charge < -0.3 is 15.0 Å². The van der Waals surface area contributed by atoms with Crippen molar-refractivity contribution >= 4 is 29.0 Å². The largest absolute Gasteiger partial charge is 0.464 e. The highest BCUT2D eigenvalue weighted by Gasteiger charge is 2.20. The smallest absolute Gasteiger partial charge is 0.357 e. The summed E-state index contributed by atoms with van der Waals surface area (Å²) >= 11 is 1.34. The Bertz CT molecular complexity index is 743. The van der Waals surface area contributed by atoms with Crippen LogP contribution in [0, 0.1) is 0 Å². The molecule has 0 aliphatic rings. The van der Waals surface area contributed by atoms with Gasteiger partial charge in [0.15, 0.2) is 5.69 Å². The van der Waals surface area contributed by atoms with Crippen molar-refractivity contribution < 1.29 is 14.3 Å². The molecule has 0 spiro atoms. The molecular weight excluding hydrogens is 338 g/mol. The summed E-state index contributed by atoms with van der Waals surface area (Å²) in [5.41, 5.74) is 2.20. The molecule has 0 atom stereocenters. The van der Waals surface area contributed by atoms with E-state index >= 15 is 0 Å². The summed E-state index contributed by atoms with van der Waals surface area (Å²) in [5.74, 6) is -0.473. The van der Waals surface area contributed by atoms with Crippen molar-refractivity contribution in [1.82, 2.24) is 9.88 Å². The summed E-state index contributed by atoms with van der Waals surface area (Å²) < 4.78 is 4.66. The highest BCUT2D eigenvalue weighted by atomic mass is 32.1. The Kier molecular flexibility index (Phi) is 6.52. The van der Waals surface area contributed by atoms with Gasteiger partial charge in [0.05, 0.1) is 13.7 Å². The van der Waals surface area contributed by atoms with Gasteiger partial charge in [-0.1, -0.05) is 19.1 Å². The van der Waals surface area contributed by atoms with Crippen molar-refractivity contribution in [2.24, 2.45) is 0 Å². The van der Waals surface area contributed by atoms with Gasteiger partial charge in [0.25, 0.3) is 0 Å². The van der Waals surface area contributed by atoms with Gasteiger partial charge in [-0.2, -0.15) is 0 Å². The summed E-state index contributed by atoms with van der Waals surface area (Å²) in [6.07, 6.45) is 0.910. The van der Waals surface area contributed by atoms with E-state index in [1.54, 1.807) is 10.3 Å². The monoisotopic (exact) mass is 361 g/mol. The van der Waals surface area contributed by atoms with Crippen molar-refractivity contribution in [2.45, 2.75) is 39.8 Å². The van der Waals surface area contributed by atoms with Crippen molar-refractivity contribution in [3.63, 3.8) is 0 Å². The van der Waals surface area contributed by atoms with E-state index in [1.165, 1.54) is 18.4 Å². The minimum absolute atomic E-state index is 0.0140. The molecule has 1 aromatic carbocycles. The Hall–Kier alpha value is -2.41. The number of thiazole rings is 1. The van der Waals surface area contributed by atoms with E-state index in [-0.39, 0.29) is 17.8 Å². The van der Waals surface area contributed by atoms with E-state index in [1.807, 2.05) is 38.1 Å². The van der Waals surface area contributed by atoms with Gasteiger partial charge in [-0.05, 0) is 38.0 Å². The van der Waals surface area contributed by atoms with Crippen LogP contribution in [0.3, 0.4) is 0 Å². The van der Waals surface area contributed by atoms with Crippen LogP contribution in [0.4, 0.5) is 10.5 Å². The lowest BCUT2D eigenvalue weighted by Gasteiger charge is -2.26. The van der Waals surface area contributed by atoms with Crippen LogP contribution in [0.5, 0.6) is 0 Å². The molecule has 25 heavy (non-hydrogen) atoms. The first-order chi connectivity index (χ1) is 11.9. The third-order valence-corrected chi connectivity index (χ3v) is 4.56. The number of anilines is 1. The Labute approximate surface area is 151 Å². The van der Waals surface area contributed by atoms with Gasteiger partial charge in [0, 0.05) is 17.1 Å². The molecule has 0 aliphatic carbocycles. The van der Waals surface area contributed by atoms with Crippen molar-refractivity contribution in [2.75, 3.05) is 12.4 Å². The third kappa shape index (κ3) is 5.03. The molecule has 1 heterocycles. The van der Waals surface area contributed by atoms with Crippen LogP contribution in [-0.4, -0.2) is 35.0 Å². The lowest BCUT2D eigenvalue weighted by molar-refractivity contribution is 0.0594. The maximum atomic E-state index is 12.7. The maximum absolute atomic E-state index is 12.7. The number of esters is 1. The highest BCUT2D eigenvalue weighted by Crippen LogP contribution is 2.17. The Morgan fingerprint density at radius 2 is 2.12 bits per heavy atom. The number of ether oxygens (including phenoxy) is 1. The molecule has 134 valence electrons. The van der Waals surface area contributed by atoms with Crippen LogP contribution >= 0.6 is 11.3 Å². The lowest BCUT2D eigenvalue weighted by Crippen LogP contribution is -2.39. The Morgan fingerprint density at radius 1 is 1.36 bits per heavy atom. The van der Waals surface area contributed by atoms with Gasteiger partial charge >= 0.3 is 12.0 Å². The molecule has 0 aliphatic heterocycles. The van der Waals surface area contributed by atoms with Crippen LogP contribution in [0.1, 0.15) is 41.8 Å². The van der Waals surface area contributed by atoms with Crippen LogP contribution in [0.25, 0.3) is 0 Å². The van der Waals surface area contributed by atoms with Gasteiger partial charge in [0.1, 0.15) is 5.01 Å². The number of nitrogens with one attached hydrogen (secondary N) is 1. The van der Waals surface area contributed by atoms with Gasteiger partial charge in [0.2, 0.25) is 0 Å². The van der Waals surface area contributed by atoms with E-state index in [2.05, 4.69) is 22.0 Å². The minimum atomic E-state index is -0.473. The number of hydrogen-bond donors (Lipinski definition) is 1. The van der Waals surface area contributed by atoms with Crippen molar-refractivity contribution in [3.05, 3.63) is 45.9 Å². The van der Waals surface area contributed by atoms with Crippen molar-refractivity contribution in [3.8, 4) is 0 Å². The first-order valence-corrected chi connectivity index (χ1v) is 9.01. The maximum Gasteiger partial charge on any atom is 0.357 e. The number of methoxy groups -OCH3 is 1. The van der Waals surface area contributed by atoms with E-state index in [0.717, 1.165) is 17.7 Å². The number of carbonyl (C=O) groups excluding carboxylic acids is 2. The fourth-order valence-electron chi connectivity index (χ4n) is 2.28. The molecule has 0 saturated carbocycles. The van der Waals surface area contributed by atoms with Gasteiger partial charge in [-0.25, -0.2) is 14.6 Å². The summed E-state index contributed by atoms with van der Waals surface area (Å²) in [6.45, 7) is 6.29. The average Bonchev–Trinajstić information content (AvgIpc) is 3.07. The second-order valence-electron chi connectivity index (χ2n) is 5.82. The first-order valence-electron chi connectivity index (χ1n) is 8.13. The topological polar surface area (TPSA) is 71.5 Å². The molecule has 0 radical (unpaired) electrons. The molecule has 6 nitrogen and oxygen atoms in total. The number of aryl methyl sites for hydroxylation is 1. The minimum Gasteiger partial charge on any atom is -0.464 e. The molecule has 2 rings (SSSR count). The molecule has 0 unspecified atom stereocenters. The zero-order chi connectivity index (χ0) is 18.4. The SMILES string of the molecule is CCc1cccc(NC(=O)N(Cc2nc(C(=O)OC)cs2)C(C)C)c1. The van der Waals surface area contributed by atoms with Crippen LogP contribution in [-0.2, 0) is 17.7 Å². The summed E-state index contributed by atoms with van der Waals surface area (Å²) in [5, 5.41) is 5.26. The standard InChI is InChI=1S/C18H23N3O3S/c1-5-13-7-6-8-14(9-13)19-18(23)21(12(2)3)10-16-20-15(11-25-16)17(22)24-4/h6-9,11-12H,5,10H2,1-4H3,(H,19,23). The molecule has 0 saturated heterocycles. The summed E-state index contributed by atoms with van der Waals surface area (Å²) in [6, 6.07) is 7.58. The number of hydrogen-bond acceptors (Lipinski definition) is 5. The highest BCUT2D eigenvalue weighted by molar-refractivity contribution is 7.09. The van der Waals surface area contributed by atoms with Crippen LogP contribution < -0.4 is 5.32 Å². The first kappa shape index (κ1) is 18.9. The zero-order valence-corrected chi connectivity index (χ0v) is 15.7. The fraction of sp³-hybridized carbons (Fsp3) is 0.389. The van der Waals surface area contributed by atoms with E-state index in [9.17, 15) is 9.59 Å². The summed E-state index contributed by atoms with van der Waals surface area (Å²) in [4.78, 5) is 30.1. The normalized spacial score (nSPS) is 10.6. The zero-order valence-electron chi connectivity index (χ0n) is 14.9. The predicted molar refractivity (Wildman–Crippen MR) is 99.0 cm³/mol. The number of aromatic nitrogens is 1. The number of urea groups is 1. The molecule has 1 N–H and O–H groups in total. The van der Waals surface area contributed by atoms with E-state index < -0.39 is 5.97 Å². The number of rotatable bonds is 6. The van der Waals surface area contributed by atoms with Crippen LogP contribution in [0.15, 0.2) is 29.6 Å². The fourth-order valence-corrected chi connectivity index (χ4v) is 3.04. The van der Waals surface area contributed by atoms with Crippen molar-refractivity contribution in [1.29, 1.82) is 0 Å². The number of nitrogens with zero attached hydrogens (tertiary/aromatic N) is 2.